The van der Waals surface area contributed by atoms with Gasteiger partial charge in [-0.05, 0) is 56.2 Å². The number of imidazole rings is 1. The molecular formula is C26H30N6O5S. The number of rotatable bonds is 6. The van der Waals surface area contributed by atoms with E-state index in [2.05, 4.69) is 15.3 Å². The molecule has 2 fully saturated rings. The van der Waals surface area contributed by atoms with Crippen LogP contribution in [0.1, 0.15) is 59.0 Å². The predicted octanol–water partition coefficient (Wildman–Crippen LogP) is 2.05. The van der Waals surface area contributed by atoms with Crippen molar-refractivity contribution in [2.75, 3.05) is 25.2 Å². The van der Waals surface area contributed by atoms with Crippen LogP contribution in [0.15, 0.2) is 29.4 Å². The molecule has 38 heavy (non-hydrogen) atoms. The number of carbonyl (C=O) groups is 2. The van der Waals surface area contributed by atoms with Gasteiger partial charge in [0.05, 0.1) is 22.3 Å². The number of nitrogens with one attached hydrogen (secondary N) is 1. The number of hydrogen-bond donors (Lipinski definition) is 2. The van der Waals surface area contributed by atoms with Gasteiger partial charge in [-0.2, -0.15) is 0 Å². The molecule has 1 aliphatic carbocycles. The Kier molecular flexibility index (Phi) is 5.91. The van der Waals surface area contributed by atoms with Crippen molar-refractivity contribution >= 4 is 33.1 Å². The number of carbonyl (C=O) groups excluding carboxylic acids is 2. The van der Waals surface area contributed by atoms with E-state index in [1.165, 1.54) is 6.07 Å². The van der Waals surface area contributed by atoms with Gasteiger partial charge in [-0.1, -0.05) is 0 Å². The Balaban J connectivity index is 1.42. The Labute approximate surface area is 220 Å². The maximum Gasteiger partial charge on any atom is 0.271 e. The maximum absolute atomic E-state index is 13.3. The van der Waals surface area contributed by atoms with Gasteiger partial charge in [0.15, 0.2) is 21.3 Å². The van der Waals surface area contributed by atoms with E-state index in [-0.39, 0.29) is 45.9 Å². The van der Waals surface area contributed by atoms with Crippen molar-refractivity contribution in [1.29, 1.82) is 0 Å². The molecule has 1 aromatic carbocycles. The van der Waals surface area contributed by atoms with Crippen LogP contribution < -0.4 is 11.1 Å². The first-order chi connectivity index (χ1) is 18.1. The third kappa shape index (κ3) is 4.31. The standard InChI is InChI=1S/C26H30N6O5S/c1-14(15-3-4-15)31-12-17-9-16(10-21(38(2,35)36)22(17)26(31)34)20-11-28-24-23(27)30-19(13-32(20)24)25(33)29-18-5-7-37-8-6-18/h9-11,13-15,18H,3-8,12H2,1-2H3,(H2,27,30)(H,29,33)/t14-/m0/s1. The van der Waals surface area contributed by atoms with E-state index in [0.29, 0.717) is 48.1 Å². The lowest BCUT2D eigenvalue weighted by Gasteiger charge is -2.24. The summed E-state index contributed by atoms with van der Waals surface area (Å²) in [6, 6.07) is 3.39. The first-order valence-corrected chi connectivity index (χ1v) is 14.7. The molecule has 1 atom stereocenters. The van der Waals surface area contributed by atoms with Gasteiger partial charge in [0.1, 0.15) is 5.69 Å². The Bertz CT molecular complexity index is 1570. The van der Waals surface area contributed by atoms with Gasteiger partial charge in [-0.25, -0.2) is 18.4 Å². The van der Waals surface area contributed by atoms with E-state index in [1.807, 2.05) is 13.0 Å². The zero-order valence-electron chi connectivity index (χ0n) is 21.3. The highest BCUT2D eigenvalue weighted by Crippen LogP contribution is 2.41. The zero-order valence-corrected chi connectivity index (χ0v) is 22.1. The number of nitrogen functional groups attached to an aromatic ring is 1. The molecule has 200 valence electrons. The van der Waals surface area contributed by atoms with E-state index >= 15 is 0 Å². The summed E-state index contributed by atoms with van der Waals surface area (Å²) in [6.45, 7) is 3.55. The Morgan fingerprint density at radius 2 is 1.95 bits per heavy atom. The molecule has 2 amide bonds. The summed E-state index contributed by atoms with van der Waals surface area (Å²) in [7, 11) is -3.72. The lowest BCUT2D eigenvalue weighted by molar-refractivity contribution is 0.0687. The summed E-state index contributed by atoms with van der Waals surface area (Å²) in [6.07, 6.45) is 7.84. The van der Waals surface area contributed by atoms with Crippen molar-refractivity contribution in [3.8, 4) is 11.3 Å². The van der Waals surface area contributed by atoms with Crippen molar-refractivity contribution in [2.24, 2.45) is 5.92 Å². The largest absolute Gasteiger partial charge is 0.381 e. The molecule has 2 aliphatic heterocycles. The minimum atomic E-state index is -3.72. The molecule has 0 spiro atoms. The highest BCUT2D eigenvalue weighted by Gasteiger charge is 2.41. The molecule has 6 rings (SSSR count). The maximum atomic E-state index is 13.3. The van der Waals surface area contributed by atoms with Crippen LogP contribution >= 0.6 is 0 Å². The number of benzene rings is 1. The number of aromatic nitrogens is 3. The lowest BCUT2D eigenvalue weighted by atomic mass is 10.0. The van der Waals surface area contributed by atoms with Crippen molar-refractivity contribution < 1.29 is 22.7 Å². The van der Waals surface area contributed by atoms with Crippen molar-refractivity contribution in [2.45, 2.75) is 56.1 Å². The summed E-state index contributed by atoms with van der Waals surface area (Å²) in [4.78, 5) is 36.7. The fourth-order valence-electron chi connectivity index (χ4n) is 5.48. The third-order valence-electron chi connectivity index (χ3n) is 7.80. The quantitative estimate of drug-likeness (QED) is 0.484. The summed E-state index contributed by atoms with van der Waals surface area (Å²) in [5, 5.41) is 2.98. The summed E-state index contributed by atoms with van der Waals surface area (Å²) < 4.78 is 32.7. The first-order valence-electron chi connectivity index (χ1n) is 12.8. The molecule has 3 N–H and O–H groups in total. The normalized spacial score (nSPS) is 19.1. The number of ether oxygens (including phenoxy) is 1. The van der Waals surface area contributed by atoms with E-state index in [0.717, 1.165) is 31.9 Å². The molecule has 2 aromatic heterocycles. The topological polar surface area (TPSA) is 149 Å². The lowest BCUT2D eigenvalue weighted by Crippen LogP contribution is -2.39. The van der Waals surface area contributed by atoms with Crippen molar-refractivity contribution in [1.82, 2.24) is 24.6 Å². The molecule has 3 aliphatic rings. The molecule has 11 nitrogen and oxygen atoms in total. The van der Waals surface area contributed by atoms with Crippen LogP contribution in [-0.2, 0) is 21.1 Å². The number of nitrogens with zero attached hydrogens (tertiary/aromatic N) is 4. The first kappa shape index (κ1) is 24.8. The monoisotopic (exact) mass is 538 g/mol. The highest BCUT2D eigenvalue weighted by atomic mass is 32.2. The number of hydrogen-bond acceptors (Lipinski definition) is 8. The second-order valence-electron chi connectivity index (χ2n) is 10.5. The van der Waals surface area contributed by atoms with E-state index < -0.39 is 9.84 Å². The number of anilines is 1. The minimum Gasteiger partial charge on any atom is -0.381 e. The number of amides is 2. The van der Waals surface area contributed by atoms with Crippen molar-refractivity contribution in [3.05, 3.63) is 41.3 Å². The number of sulfone groups is 1. The van der Waals surface area contributed by atoms with Gasteiger partial charge >= 0.3 is 0 Å². The van der Waals surface area contributed by atoms with Gasteiger partial charge in [0, 0.05) is 49.9 Å². The van der Waals surface area contributed by atoms with Crippen LogP contribution in [0.4, 0.5) is 5.82 Å². The van der Waals surface area contributed by atoms with Crippen LogP contribution in [0.3, 0.4) is 0 Å². The van der Waals surface area contributed by atoms with E-state index in [9.17, 15) is 18.0 Å². The fourth-order valence-corrected chi connectivity index (χ4v) is 6.41. The predicted molar refractivity (Wildman–Crippen MR) is 139 cm³/mol. The molecule has 0 bridgehead atoms. The molecular weight excluding hydrogens is 508 g/mol. The molecule has 1 saturated heterocycles. The number of nitrogens with two attached hydrogens (primary N) is 1. The molecule has 12 heteroatoms. The second-order valence-corrected chi connectivity index (χ2v) is 12.5. The third-order valence-corrected chi connectivity index (χ3v) is 8.92. The molecule has 3 aromatic rings. The van der Waals surface area contributed by atoms with Crippen molar-refractivity contribution in [3.63, 3.8) is 0 Å². The fraction of sp³-hybridized carbons (Fsp3) is 0.462. The molecule has 0 unspecified atom stereocenters. The van der Waals surface area contributed by atoms with E-state index in [4.69, 9.17) is 10.5 Å². The van der Waals surface area contributed by atoms with Gasteiger partial charge < -0.3 is 20.7 Å². The van der Waals surface area contributed by atoms with Gasteiger partial charge in [-0.15, -0.1) is 0 Å². The minimum absolute atomic E-state index is 0.00467. The zero-order chi connectivity index (χ0) is 26.8. The summed E-state index contributed by atoms with van der Waals surface area (Å²) in [5.74, 6) is -0.0642. The SMILES string of the molecule is C[C@@H](C1CC1)N1Cc2cc(-c3cnc4c(N)nc(C(=O)NC5CCOCC5)cn34)cc(S(C)(=O)=O)c2C1=O. The van der Waals surface area contributed by atoms with Gasteiger partial charge in [0.25, 0.3) is 11.8 Å². The van der Waals surface area contributed by atoms with Crippen LogP contribution in [0.2, 0.25) is 0 Å². The molecule has 1 saturated carbocycles. The summed E-state index contributed by atoms with van der Waals surface area (Å²) in [5.41, 5.74) is 8.67. The Morgan fingerprint density at radius 3 is 2.63 bits per heavy atom. The van der Waals surface area contributed by atoms with Crippen LogP contribution in [0, 0.1) is 5.92 Å². The molecule has 0 radical (unpaired) electrons. The summed E-state index contributed by atoms with van der Waals surface area (Å²) >= 11 is 0. The molecule has 4 heterocycles. The second kappa shape index (κ2) is 9.05. The Hall–Kier alpha value is -3.51. The van der Waals surface area contributed by atoms with Crippen LogP contribution in [0.5, 0.6) is 0 Å². The average molecular weight is 539 g/mol. The highest BCUT2D eigenvalue weighted by molar-refractivity contribution is 7.90. The van der Waals surface area contributed by atoms with Gasteiger partial charge in [0.2, 0.25) is 0 Å². The van der Waals surface area contributed by atoms with Gasteiger partial charge in [-0.3, -0.25) is 14.0 Å². The van der Waals surface area contributed by atoms with E-state index in [1.54, 1.807) is 21.7 Å². The van der Waals surface area contributed by atoms with Crippen LogP contribution in [0.25, 0.3) is 16.9 Å². The Morgan fingerprint density at radius 1 is 1.21 bits per heavy atom. The average Bonchev–Trinajstić information content (AvgIpc) is 3.56. The smallest absolute Gasteiger partial charge is 0.271 e. The number of fused-ring (bicyclic) bond motifs is 2. The van der Waals surface area contributed by atoms with Crippen LogP contribution in [-0.4, -0.2) is 71.1 Å².